The number of nitrogens with one attached hydrogen (secondary N) is 1. The second kappa shape index (κ2) is 15.2. The number of alkyl carbamates (subject to hydrolysis) is 1. The number of carbonyl (C=O) groups is 2. The maximum absolute atomic E-state index is 13.6. The smallest absolute Gasteiger partial charge is 0.410 e. The monoisotopic (exact) mass is 582 g/mol. The van der Waals surface area contributed by atoms with Crippen molar-refractivity contribution >= 4 is 12.2 Å². The van der Waals surface area contributed by atoms with Gasteiger partial charge in [-0.1, -0.05) is 66.7 Å². The van der Waals surface area contributed by atoms with Gasteiger partial charge in [0, 0.05) is 6.54 Å². The Bertz CT molecular complexity index is 1130. The first-order valence-electron chi connectivity index (χ1n) is 14.4. The van der Waals surface area contributed by atoms with E-state index in [4.69, 9.17) is 23.7 Å². The fourth-order valence-corrected chi connectivity index (χ4v) is 4.58. The van der Waals surface area contributed by atoms with Crippen LogP contribution in [0.1, 0.15) is 52.7 Å². The molecule has 3 rings (SSSR count). The largest absolute Gasteiger partial charge is 0.444 e. The lowest BCUT2D eigenvalue weighted by Crippen LogP contribution is -2.67. The molecule has 1 aliphatic heterocycles. The van der Waals surface area contributed by atoms with Gasteiger partial charge in [-0.25, -0.2) is 9.59 Å². The number of piperidine rings is 1. The summed E-state index contributed by atoms with van der Waals surface area (Å²) in [6.45, 7) is 15.6. The van der Waals surface area contributed by atoms with Gasteiger partial charge < -0.3 is 29.0 Å². The number of nitrogens with zero attached hydrogens (tertiary/aromatic N) is 1. The Morgan fingerprint density at radius 2 is 1.36 bits per heavy atom. The molecule has 230 valence electrons. The number of rotatable bonds is 11. The molecule has 1 saturated heterocycles. The predicted molar refractivity (Wildman–Crippen MR) is 161 cm³/mol. The number of ether oxygens (including phenoxy) is 5. The van der Waals surface area contributed by atoms with Crippen molar-refractivity contribution in [1.29, 1.82) is 0 Å². The van der Waals surface area contributed by atoms with Crippen molar-refractivity contribution in [3.8, 4) is 0 Å². The van der Waals surface area contributed by atoms with Gasteiger partial charge >= 0.3 is 12.2 Å². The van der Waals surface area contributed by atoms with Crippen molar-refractivity contribution in [2.75, 3.05) is 19.7 Å². The maximum atomic E-state index is 13.6. The second-order valence-corrected chi connectivity index (χ2v) is 12.3. The summed E-state index contributed by atoms with van der Waals surface area (Å²) in [6.07, 6.45) is -1.32. The Labute approximate surface area is 250 Å². The molecule has 2 aromatic rings. The molecule has 0 saturated carbocycles. The molecule has 1 heterocycles. The van der Waals surface area contributed by atoms with Gasteiger partial charge in [-0.2, -0.15) is 0 Å². The normalized spacial score (nSPS) is 21.0. The lowest BCUT2D eigenvalue weighted by molar-refractivity contribution is -0.193. The fraction of sp³-hybridized carbons (Fsp3) is 0.515. The second-order valence-electron chi connectivity index (χ2n) is 12.3. The lowest BCUT2D eigenvalue weighted by atomic mass is 9.93. The number of carbonyl (C=O) groups excluding carboxylic acids is 2. The Balaban J connectivity index is 1.98. The summed E-state index contributed by atoms with van der Waals surface area (Å²) in [6, 6.07) is 18.9. The molecular formula is C33H46N2O7. The highest BCUT2D eigenvalue weighted by atomic mass is 16.6. The van der Waals surface area contributed by atoms with Gasteiger partial charge in [-0.05, 0) is 52.7 Å². The summed E-state index contributed by atoms with van der Waals surface area (Å²) < 4.78 is 30.5. The van der Waals surface area contributed by atoms with E-state index in [0.29, 0.717) is 6.61 Å². The SMILES string of the molecule is C=CCO[C@@H]1CN(C(=O)OC(C)(C)C)[C@H](CNC(=O)OC(C)(C)C)[C@@H](OCc2ccccc2)[C@@H]1OCc1ccccc1. The van der Waals surface area contributed by atoms with Crippen LogP contribution in [-0.4, -0.2) is 72.3 Å². The topological polar surface area (TPSA) is 95.6 Å². The van der Waals surface area contributed by atoms with Gasteiger partial charge in [-0.15, -0.1) is 6.58 Å². The van der Waals surface area contributed by atoms with Crippen LogP contribution < -0.4 is 5.32 Å². The average molecular weight is 583 g/mol. The van der Waals surface area contributed by atoms with Gasteiger partial charge in [0.25, 0.3) is 0 Å². The molecule has 0 unspecified atom stereocenters. The molecule has 2 amide bonds. The van der Waals surface area contributed by atoms with E-state index in [2.05, 4.69) is 11.9 Å². The van der Waals surface area contributed by atoms with E-state index < -0.39 is 47.7 Å². The van der Waals surface area contributed by atoms with E-state index in [0.717, 1.165) is 11.1 Å². The zero-order valence-corrected chi connectivity index (χ0v) is 25.7. The number of likely N-dealkylation sites (tertiary alicyclic amines) is 1. The summed E-state index contributed by atoms with van der Waals surface area (Å²) in [7, 11) is 0. The third-order valence-corrected chi connectivity index (χ3v) is 6.33. The molecule has 0 bridgehead atoms. The van der Waals surface area contributed by atoms with Crippen LogP contribution in [0.25, 0.3) is 0 Å². The third kappa shape index (κ3) is 10.8. The number of hydrogen-bond acceptors (Lipinski definition) is 7. The van der Waals surface area contributed by atoms with E-state index in [9.17, 15) is 9.59 Å². The highest BCUT2D eigenvalue weighted by Crippen LogP contribution is 2.29. The standard InChI is InChI=1S/C33H46N2O7/c1-8-19-38-27-21-35(31(37)42-33(5,6)7)26(20-34-30(36)41-32(2,3)4)28(39-22-24-15-11-9-12-16-24)29(27)40-23-25-17-13-10-14-18-25/h8-18,26-29H,1,19-23H2,2-7H3,(H,34,36)/t26-,27-,28-,29-/m1/s1. The van der Waals surface area contributed by atoms with Crippen molar-refractivity contribution in [3.05, 3.63) is 84.4 Å². The maximum Gasteiger partial charge on any atom is 0.410 e. The summed E-state index contributed by atoms with van der Waals surface area (Å²) in [4.78, 5) is 27.9. The van der Waals surface area contributed by atoms with Crippen LogP contribution in [0.4, 0.5) is 9.59 Å². The first-order valence-corrected chi connectivity index (χ1v) is 14.4. The van der Waals surface area contributed by atoms with Crippen LogP contribution in [0.3, 0.4) is 0 Å². The number of amides is 2. The minimum Gasteiger partial charge on any atom is -0.444 e. The minimum atomic E-state index is -0.737. The molecule has 2 aromatic carbocycles. The van der Waals surface area contributed by atoms with E-state index in [-0.39, 0.29) is 26.3 Å². The molecule has 4 atom stereocenters. The molecular weight excluding hydrogens is 536 g/mol. The molecule has 9 heteroatoms. The first-order chi connectivity index (χ1) is 19.9. The predicted octanol–water partition coefficient (Wildman–Crippen LogP) is 5.87. The molecule has 0 spiro atoms. The summed E-state index contributed by atoms with van der Waals surface area (Å²) in [5.74, 6) is 0. The first kappa shape index (κ1) is 33.1. The van der Waals surface area contributed by atoms with Gasteiger partial charge in [0.05, 0.1) is 32.4 Å². The summed E-state index contributed by atoms with van der Waals surface area (Å²) >= 11 is 0. The van der Waals surface area contributed by atoms with E-state index in [1.54, 1.807) is 31.7 Å². The lowest BCUT2D eigenvalue weighted by Gasteiger charge is -2.48. The summed E-state index contributed by atoms with van der Waals surface area (Å²) in [5.41, 5.74) is 0.518. The quantitative estimate of drug-likeness (QED) is 0.331. The average Bonchev–Trinajstić information content (AvgIpc) is 2.92. The van der Waals surface area contributed by atoms with Gasteiger partial charge in [0.1, 0.15) is 29.5 Å². The molecule has 1 fully saturated rings. The Hall–Kier alpha value is -3.40. The van der Waals surface area contributed by atoms with Gasteiger partial charge in [-0.3, -0.25) is 4.90 Å². The zero-order valence-electron chi connectivity index (χ0n) is 25.7. The molecule has 42 heavy (non-hydrogen) atoms. The highest BCUT2D eigenvalue weighted by Gasteiger charge is 2.48. The minimum absolute atomic E-state index is 0.0486. The number of benzene rings is 2. The van der Waals surface area contributed by atoms with Crippen LogP contribution in [0.15, 0.2) is 73.3 Å². The van der Waals surface area contributed by atoms with Crippen LogP contribution in [0, 0.1) is 0 Å². The molecule has 0 radical (unpaired) electrons. The molecule has 1 aliphatic rings. The molecule has 0 aromatic heterocycles. The fourth-order valence-electron chi connectivity index (χ4n) is 4.58. The third-order valence-electron chi connectivity index (χ3n) is 6.33. The van der Waals surface area contributed by atoms with Crippen LogP contribution in [-0.2, 0) is 36.9 Å². The Morgan fingerprint density at radius 1 is 0.833 bits per heavy atom. The molecule has 1 N–H and O–H groups in total. The van der Waals surface area contributed by atoms with Crippen LogP contribution >= 0.6 is 0 Å². The van der Waals surface area contributed by atoms with Crippen molar-refractivity contribution in [2.45, 2.75) is 90.3 Å². The highest BCUT2D eigenvalue weighted by molar-refractivity contribution is 5.70. The van der Waals surface area contributed by atoms with E-state index in [1.807, 2.05) is 81.4 Å². The van der Waals surface area contributed by atoms with Crippen molar-refractivity contribution in [1.82, 2.24) is 10.2 Å². The van der Waals surface area contributed by atoms with Gasteiger partial charge in [0.15, 0.2) is 0 Å². The summed E-state index contributed by atoms with van der Waals surface area (Å²) in [5, 5.41) is 2.83. The number of hydrogen-bond donors (Lipinski definition) is 1. The molecule has 0 aliphatic carbocycles. The van der Waals surface area contributed by atoms with Crippen molar-refractivity contribution in [3.63, 3.8) is 0 Å². The van der Waals surface area contributed by atoms with Crippen LogP contribution in [0.2, 0.25) is 0 Å². The Kier molecular flexibility index (Phi) is 12.0. The Morgan fingerprint density at radius 3 is 1.86 bits per heavy atom. The van der Waals surface area contributed by atoms with Crippen LogP contribution in [0.5, 0.6) is 0 Å². The van der Waals surface area contributed by atoms with E-state index >= 15 is 0 Å². The zero-order chi connectivity index (χ0) is 30.8. The van der Waals surface area contributed by atoms with Crippen molar-refractivity contribution in [2.24, 2.45) is 0 Å². The van der Waals surface area contributed by atoms with Gasteiger partial charge in [0.2, 0.25) is 0 Å². The molecule has 9 nitrogen and oxygen atoms in total. The van der Waals surface area contributed by atoms with E-state index in [1.165, 1.54) is 0 Å². The van der Waals surface area contributed by atoms with Crippen molar-refractivity contribution < 1.29 is 33.3 Å².